The number of rotatable bonds is 4. The van der Waals surface area contributed by atoms with Gasteiger partial charge in [0, 0.05) is 10.7 Å². The lowest BCUT2D eigenvalue weighted by atomic mass is 10.2. The fraction of sp³-hybridized carbons (Fsp3) is 0.200. The van der Waals surface area contributed by atoms with Gasteiger partial charge in [-0.3, -0.25) is 9.69 Å². The molecule has 0 saturated carbocycles. The molecule has 0 bridgehead atoms. The molecule has 5 nitrogen and oxygen atoms in total. The Kier molecular flexibility index (Phi) is 5.00. The molecule has 0 unspecified atom stereocenters. The zero-order chi connectivity index (χ0) is 15.2. The molecule has 1 heterocycles. The lowest BCUT2D eigenvalue weighted by molar-refractivity contribution is -0.153. The van der Waals surface area contributed by atoms with Crippen molar-refractivity contribution in [1.82, 2.24) is 0 Å². The Hall–Kier alpha value is -2.27. The Balaban J connectivity index is 2.27. The molecule has 0 aliphatic carbocycles. The largest absolute Gasteiger partial charge is 0.467 e. The third-order valence-electron chi connectivity index (χ3n) is 2.73. The molecular weight excluding hydrogens is 294 g/mol. The molecule has 1 aromatic carbocycles. The maximum absolute atomic E-state index is 12.2. The second kappa shape index (κ2) is 6.95. The van der Waals surface area contributed by atoms with Crippen molar-refractivity contribution in [2.75, 3.05) is 11.5 Å². The van der Waals surface area contributed by atoms with Crippen LogP contribution in [0, 0.1) is 0 Å². The van der Waals surface area contributed by atoms with Crippen LogP contribution in [0.15, 0.2) is 47.1 Å². The van der Waals surface area contributed by atoms with Gasteiger partial charge in [-0.15, -0.1) is 0 Å². The third kappa shape index (κ3) is 3.86. The van der Waals surface area contributed by atoms with E-state index in [1.165, 1.54) is 11.2 Å². The van der Waals surface area contributed by atoms with Crippen LogP contribution in [0.25, 0.3) is 0 Å². The highest BCUT2D eigenvalue weighted by molar-refractivity contribution is 6.38. The highest BCUT2D eigenvalue weighted by atomic mass is 35.5. The van der Waals surface area contributed by atoms with Crippen LogP contribution in [-0.4, -0.2) is 18.5 Å². The summed E-state index contributed by atoms with van der Waals surface area (Å²) in [4.78, 5) is 25.2. The Labute approximate surface area is 127 Å². The van der Waals surface area contributed by atoms with Gasteiger partial charge in [-0.1, -0.05) is 11.6 Å². The van der Waals surface area contributed by atoms with E-state index in [2.05, 4.69) is 0 Å². The van der Waals surface area contributed by atoms with Gasteiger partial charge in [0.05, 0.1) is 19.4 Å². The average molecular weight is 308 g/mol. The molecule has 0 radical (unpaired) electrons. The van der Waals surface area contributed by atoms with Crippen molar-refractivity contribution < 1.29 is 18.7 Å². The minimum atomic E-state index is -0.904. The molecule has 1 aromatic heterocycles. The van der Waals surface area contributed by atoms with Gasteiger partial charge in [-0.05, 0) is 43.3 Å². The van der Waals surface area contributed by atoms with Crippen molar-refractivity contribution in [3.8, 4) is 0 Å². The van der Waals surface area contributed by atoms with Gasteiger partial charge in [0.25, 0.3) is 0 Å². The van der Waals surface area contributed by atoms with E-state index >= 15 is 0 Å². The molecule has 0 N–H and O–H groups in total. The molecule has 110 valence electrons. The van der Waals surface area contributed by atoms with Crippen LogP contribution >= 0.6 is 11.6 Å². The topological polar surface area (TPSA) is 59.8 Å². The smallest absolute Gasteiger partial charge is 0.397 e. The molecule has 6 heteroatoms. The van der Waals surface area contributed by atoms with E-state index in [1.807, 2.05) is 0 Å². The number of halogens is 1. The van der Waals surface area contributed by atoms with Crippen LogP contribution in [0.5, 0.6) is 0 Å². The first-order chi connectivity index (χ1) is 10.1. The van der Waals surface area contributed by atoms with Crippen LogP contribution < -0.4 is 4.90 Å². The number of carbonyl (C=O) groups excluding carboxylic acids is 2. The van der Waals surface area contributed by atoms with E-state index < -0.39 is 11.9 Å². The lowest BCUT2D eigenvalue weighted by Crippen LogP contribution is -2.37. The number of nitrogens with zero attached hydrogens (tertiary/aromatic N) is 1. The van der Waals surface area contributed by atoms with E-state index in [-0.39, 0.29) is 13.2 Å². The van der Waals surface area contributed by atoms with Gasteiger partial charge < -0.3 is 9.15 Å². The summed E-state index contributed by atoms with van der Waals surface area (Å²) in [6.07, 6.45) is 1.50. The highest BCUT2D eigenvalue weighted by Gasteiger charge is 2.25. The fourth-order valence-corrected chi connectivity index (χ4v) is 1.89. The Morgan fingerprint density at radius 2 is 1.95 bits per heavy atom. The number of amides is 1. The van der Waals surface area contributed by atoms with Gasteiger partial charge in [-0.25, -0.2) is 4.79 Å². The summed E-state index contributed by atoms with van der Waals surface area (Å²) >= 11 is 5.84. The van der Waals surface area contributed by atoms with Crippen molar-refractivity contribution in [1.29, 1.82) is 0 Å². The zero-order valence-corrected chi connectivity index (χ0v) is 12.2. The summed E-state index contributed by atoms with van der Waals surface area (Å²) in [6, 6.07) is 10.0. The molecular formula is C15H14ClNO4. The first kappa shape index (κ1) is 15.1. The molecule has 0 aliphatic rings. The minimum Gasteiger partial charge on any atom is -0.467 e. The van der Waals surface area contributed by atoms with E-state index in [0.29, 0.717) is 16.5 Å². The first-order valence-corrected chi connectivity index (χ1v) is 6.76. The van der Waals surface area contributed by atoms with Crippen LogP contribution in [0.3, 0.4) is 0 Å². The number of furan rings is 1. The predicted molar refractivity (Wildman–Crippen MR) is 78.0 cm³/mol. The van der Waals surface area contributed by atoms with Crippen molar-refractivity contribution in [3.05, 3.63) is 53.4 Å². The van der Waals surface area contributed by atoms with Gasteiger partial charge in [0.1, 0.15) is 5.76 Å². The number of hydrogen-bond donors (Lipinski definition) is 0. The molecule has 0 saturated heterocycles. The SMILES string of the molecule is CCOC(=O)C(=O)N(Cc1ccco1)c1ccc(Cl)cc1. The van der Waals surface area contributed by atoms with Gasteiger partial charge in [-0.2, -0.15) is 0 Å². The predicted octanol–water partition coefficient (Wildman–Crippen LogP) is 3.03. The summed E-state index contributed by atoms with van der Waals surface area (Å²) in [5, 5.41) is 0.542. The molecule has 21 heavy (non-hydrogen) atoms. The molecule has 0 aliphatic heterocycles. The third-order valence-corrected chi connectivity index (χ3v) is 2.98. The number of anilines is 1. The average Bonchev–Trinajstić information content (AvgIpc) is 2.98. The Bertz CT molecular complexity index is 607. The molecule has 0 spiro atoms. The quantitative estimate of drug-likeness (QED) is 0.643. The van der Waals surface area contributed by atoms with Crippen LogP contribution in [0.2, 0.25) is 5.02 Å². The van der Waals surface area contributed by atoms with E-state index in [9.17, 15) is 9.59 Å². The van der Waals surface area contributed by atoms with Crippen LogP contribution in [0.4, 0.5) is 5.69 Å². The van der Waals surface area contributed by atoms with Gasteiger partial charge >= 0.3 is 11.9 Å². The Morgan fingerprint density at radius 1 is 1.24 bits per heavy atom. The summed E-state index contributed by atoms with van der Waals surface area (Å²) in [7, 11) is 0. The summed E-state index contributed by atoms with van der Waals surface area (Å²) in [5.74, 6) is -1.10. The van der Waals surface area contributed by atoms with Crippen molar-refractivity contribution in [2.24, 2.45) is 0 Å². The molecule has 1 amide bonds. The maximum atomic E-state index is 12.2. The van der Waals surface area contributed by atoms with E-state index in [1.54, 1.807) is 43.3 Å². The molecule has 0 fully saturated rings. The van der Waals surface area contributed by atoms with Crippen molar-refractivity contribution in [2.45, 2.75) is 13.5 Å². The number of esters is 1. The molecule has 2 aromatic rings. The zero-order valence-electron chi connectivity index (χ0n) is 11.4. The molecule has 0 atom stereocenters. The van der Waals surface area contributed by atoms with Crippen LogP contribution in [-0.2, 0) is 20.9 Å². The minimum absolute atomic E-state index is 0.131. The fourth-order valence-electron chi connectivity index (χ4n) is 1.76. The number of ether oxygens (including phenoxy) is 1. The standard InChI is InChI=1S/C15H14ClNO4/c1-2-20-15(19)14(18)17(10-13-4-3-9-21-13)12-7-5-11(16)6-8-12/h3-9H,2,10H2,1H3. The van der Waals surface area contributed by atoms with E-state index in [0.717, 1.165) is 0 Å². The highest BCUT2D eigenvalue weighted by Crippen LogP contribution is 2.21. The maximum Gasteiger partial charge on any atom is 0.397 e. The normalized spacial score (nSPS) is 10.2. The Morgan fingerprint density at radius 3 is 2.52 bits per heavy atom. The summed E-state index contributed by atoms with van der Waals surface area (Å²) in [5.41, 5.74) is 0.536. The van der Waals surface area contributed by atoms with Crippen molar-refractivity contribution in [3.63, 3.8) is 0 Å². The van der Waals surface area contributed by atoms with Crippen LogP contribution in [0.1, 0.15) is 12.7 Å². The van der Waals surface area contributed by atoms with E-state index in [4.69, 9.17) is 20.8 Å². The number of carbonyl (C=O) groups is 2. The number of benzene rings is 1. The monoisotopic (exact) mass is 307 g/mol. The lowest BCUT2D eigenvalue weighted by Gasteiger charge is -2.20. The van der Waals surface area contributed by atoms with Gasteiger partial charge in [0.2, 0.25) is 0 Å². The second-order valence-corrected chi connectivity index (χ2v) is 4.60. The summed E-state index contributed by atoms with van der Waals surface area (Å²) < 4.78 is 9.99. The number of hydrogen-bond acceptors (Lipinski definition) is 4. The van der Waals surface area contributed by atoms with Gasteiger partial charge in [0.15, 0.2) is 0 Å². The first-order valence-electron chi connectivity index (χ1n) is 6.38. The van der Waals surface area contributed by atoms with Crippen molar-refractivity contribution >= 4 is 29.2 Å². The summed E-state index contributed by atoms with van der Waals surface area (Å²) in [6.45, 7) is 1.91. The second-order valence-electron chi connectivity index (χ2n) is 4.17. The molecule has 2 rings (SSSR count).